The van der Waals surface area contributed by atoms with Crippen LogP contribution in [0.1, 0.15) is 27.7 Å². The van der Waals surface area contributed by atoms with E-state index in [4.69, 9.17) is 5.84 Å². The fourth-order valence-electron chi connectivity index (χ4n) is 1.75. The highest BCUT2D eigenvalue weighted by Gasteiger charge is 2.16. The van der Waals surface area contributed by atoms with Crippen molar-refractivity contribution in [3.8, 4) is 0 Å². The van der Waals surface area contributed by atoms with Gasteiger partial charge in [0.1, 0.15) is 0 Å². The van der Waals surface area contributed by atoms with Gasteiger partial charge in [0.05, 0.1) is 11.5 Å². The summed E-state index contributed by atoms with van der Waals surface area (Å²) in [5, 5.41) is 11.6. The number of hydrogen-bond donors (Lipinski definition) is 2. The molecule has 8 nitrogen and oxygen atoms in total. The predicted octanol–water partition coefficient (Wildman–Crippen LogP) is 0.569. The van der Waals surface area contributed by atoms with Gasteiger partial charge in [-0.05, 0) is 27.7 Å². The van der Waals surface area contributed by atoms with Crippen molar-refractivity contribution in [3.63, 3.8) is 0 Å². The molecule has 0 bridgehead atoms. The smallest absolute Gasteiger partial charge is 0.233 e. The second-order valence-electron chi connectivity index (χ2n) is 5.00. The fraction of sp³-hybridized carbons (Fsp3) is 0.692. The average Bonchev–Trinajstić information content (AvgIpc) is 2.84. The molecule has 1 aromatic rings. The third kappa shape index (κ3) is 6.30. The minimum Gasteiger partial charge on any atom is -0.353 e. The number of nitrogens with zero attached hydrogens (tertiary/aromatic N) is 4. The van der Waals surface area contributed by atoms with Gasteiger partial charge in [0.25, 0.3) is 0 Å². The lowest BCUT2D eigenvalue weighted by Gasteiger charge is -2.17. The Labute approximate surface area is 144 Å². The zero-order chi connectivity index (χ0) is 17.4. The number of hydrogen-bond acceptors (Lipinski definition) is 7. The lowest BCUT2D eigenvalue weighted by atomic mass is 10.4. The molecule has 1 aromatic heterocycles. The summed E-state index contributed by atoms with van der Waals surface area (Å²) < 4.78 is 1.31. The molecule has 130 valence electrons. The fourth-order valence-corrected chi connectivity index (χ4v) is 3.23. The molecule has 23 heavy (non-hydrogen) atoms. The number of amides is 2. The molecule has 10 heteroatoms. The minimum absolute atomic E-state index is 0.0357. The van der Waals surface area contributed by atoms with Crippen molar-refractivity contribution < 1.29 is 9.59 Å². The molecule has 0 fully saturated rings. The number of aromatic nitrogens is 3. The second kappa shape index (κ2) is 9.66. The average molecular weight is 361 g/mol. The van der Waals surface area contributed by atoms with Crippen molar-refractivity contribution in [2.45, 2.75) is 44.0 Å². The molecule has 0 saturated heterocycles. The normalized spacial score (nSPS) is 10.8. The van der Waals surface area contributed by atoms with Crippen LogP contribution in [0.4, 0.5) is 0 Å². The van der Waals surface area contributed by atoms with E-state index < -0.39 is 0 Å². The van der Waals surface area contributed by atoms with Crippen LogP contribution >= 0.6 is 23.5 Å². The standard InChI is InChI=1S/C13H24N6O2S2/c1-5-18(6-2)11(21)8-23-13-17-16-12(19(13)14)22-7-10(20)15-9(3)4/h9H,5-8,14H2,1-4H3,(H,15,20). The molecular weight excluding hydrogens is 336 g/mol. The topological polar surface area (TPSA) is 106 Å². The van der Waals surface area contributed by atoms with E-state index in [2.05, 4.69) is 15.5 Å². The molecule has 0 aliphatic heterocycles. The van der Waals surface area contributed by atoms with Crippen LogP contribution < -0.4 is 11.2 Å². The van der Waals surface area contributed by atoms with E-state index in [9.17, 15) is 9.59 Å². The van der Waals surface area contributed by atoms with Crippen LogP contribution in [0.3, 0.4) is 0 Å². The van der Waals surface area contributed by atoms with Crippen molar-refractivity contribution in [1.29, 1.82) is 0 Å². The Bertz CT molecular complexity index is 531. The summed E-state index contributed by atoms with van der Waals surface area (Å²) >= 11 is 2.45. The first-order valence-corrected chi connectivity index (χ1v) is 9.39. The number of carbonyl (C=O) groups is 2. The lowest BCUT2D eigenvalue weighted by molar-refractivity contribution is -0.128. The molecule has 0 aromatic carbocycles. The van der Waals surface area contributed by atoms with E-state index in [0.717, 1.165) is 0 Å². The number of thioether (sulfide) groups is 2. The summed E-state index contributed by atoms with van der Waals surface area (Å²) in [5.74, 6) is 6.34. The Balaban J connectivity index is 2.53. The third-order valence-corrected chi connectivity index (χ3v) is 4.73. The Morgan fingerprint density at radius 3 is 2.17 bits per heavy atom. The second-order valence-corrected chi connectivity index (χ2v) is 6.89. The van der Waals surface area contributed by atoms with Crippen molar-refractivity contribution in [2.75, 3.05) is 30.4 Å². The van der Waals surface area contributed by atoms with Crippen molar-refractivity contribution in [2.24, 2.45) is 0 Å². The summed E-state index contributed by atoms with van der Waals surface area (Å²) in [6, 6.07) is 0.0936. The maximum absolute atomic E-state index is 12.0. The Hall–Kier alpha value is -1.42. The van der Waals surface area contributed by atoms with Gasteiger partial charge in [0.15, 0.2) is 0 Å². The first-order valence-electron chi connectivity index (χ1n) is 7.42. The Morgan fingerprint density at radius 2 is 1.70 bits per heavy atom. The molecule has 0 unspecified atom stereocenters. The van der Waals surface area contributed by atoms with Crippen LogP contribution in [0.2, 0.25) is 0 Å². The largest absolute Gasteiger partial charge is 0.353 e. The highest BCUT2D eigenvalue weighted by atomic mass is 32.2. The van der Waals surface area contributed by atoms with E-state index in [0.29, 0.717) is 23.4 Å². The maximum Gasteiger partial charge on any atom is 0.233 e. The first-order chi connectivity index (χ1) is 10.9. The van der Waals surface area contributed by atoms with E-state index in [1.807, 2.05) is 27.7 Å². The van der Waals surface area contributed by atoms with Crippen LogP contribution in [-0.4, -0.2) is 62.2 Å². The quantitative estimate of drug-likeness (QED) is 0.490. The van der Waals surface area contributed by atoms with E-state index in [1.165, 1.54) is 28.2 Å². The van der Waals surface area contributed by atoms with Crippen molar-refractivity contribution in [3.05, 3.63) is 0 Å². The monoisotopic (exact) mass is 360 g/mol. The van der Waals surface area contributed by atoms with Gasteiger partial charge in [-0.25, -0.2) is 4.68 Å². The van der Waals surface area contributed by atoms with Crippen LogP contribution in [0, 0.1) is 0 Å². The summed E-state index contributed by atoms with van der Waals surface area (Å²) in [4.78, 5) is 25.3. The molecule has 3 N–H and O–H groups in total. The molecule has 0 spiro atoms. The van der Waals surface area contributed by atoms with E-state index in [-0.39, 0.29) is 29.4 Å². The number of nitrogens with one attached hydrogen (secondary N) is 1. The van der Waals surface area contributed by atoms with Crippen molar-refractivity contribution in [1.82, 2.24) is 25.1 Å². The summed E-state index contributed by atoms with van der Waals surface area (Å²) in [6.07, 6.45) is 0. The Kier molecular flexibility index (Phi) is 8.24. The van der Waals surface area contributed by atoms with Gasteiger partial charge in [-0.3, -0.25) is 9.59 Å². The minimum atomic E-state index is -0.0843. The number of carbonyl (C=O) groups excluding carboxylic acids is 2. The summed E-state index contributed by atoms with van der Waals surface area (Å²) in [5.41, 5.74) is 0. The van der Waals surface area contributed by atoms with Gasteiger partial charge < -0.3 is 16.1 Å². The van der Waals surface area contributed by atoms with Crippen LogP contribution in [-0.2, 0) is 9.59 Å². The first kappa shape index (κ1) is 19.6. The molecule has 0 saturated carbocycles. The predicted molar refractivity (Wildman–Crippen MR) is 92.8 cm³/mol. The lowest BCUT2D eigenvalue weighted by Crippen LogP contribution is -2.32. The molecule has 0 aliphatic carbocycles. The van der Waals surface area contributed by atoms with E-state index >= 15 is 0 Å². The van der Waals surface area contributed by atoms with Gasteiger partial charge in [-0.2, -0.15) is 0 Å². The third-order valence-electron chi connectivity index (χ3n) is 2.86. The number of nitrogen functional groups attached to an aromatic ring is 1. The number of rotatable bonds is 9. The van der Waals surface area contributed by atoms with Gasteiger partial charge in [0.2, 0.25) is 22.1 Å². The van der Waals surface area contributed by atoms with Gasteiger partial charge >= 0.3 is 0 Å². The zero-order valence-corrected chi connectivity index (χ0v) is 15.5. The van der Waals surface area contributed by atoms with Crippen LogP contribution in [0.5, 0.6) is 0 Å². The SMILES string of the molecule is CCN(CC)C(=O)CSc1nnc(SCC(=O)NC(C)C)n1N. The van der Waals surface area contributed by atoms with Gasteiger partial charge in [-0.15, -0.1) is 10.2 Å². The molecule has 0 atom stereocenters. The summed E-state index contributed by atoms with van der Waals surface area (Å²) in [6.45, 7) is 9.03. The highest BCUT2D eigenvalue weighted by Crippen LogP contribution is 2.20. The molecule has 2 amide bonds. The molecule has 1 heterocycles. The van der Waals surface area contributed by atoms with Crippen molar-refractivity contribution >= 4 is 35.3 Å². The van der Waals surface area contributed by atoms with Crippen LogP contribution in [0.15, 0.2) is 10.3 Å². The zero-order valence-electron chi connectivity index (χ0n) is 13.9. The van der Waals surface area contributed by atoms with Gasteiger partial charge in [-0.1, -0.05) is 23.5 Å². The maximum atomic E-state index is 12.0. The Morgan fingerprint density at radius 1 is 1.17 bits per heavy atom. The summed E-state index contributed by atoms with van der Waals surface area (Å²) in [7, 11) is 0. The van der Waals surface area contributed by atoms with E-state index in [1.54, 1.807) is 4.90 Å². The number of nitrogens with two attached hydrogens (primary N) is 1. The highest BCUT2D eigenvalue weighted by molar-refractivity contribution is 8.00. The van der Waals surface area contributed by atoms with Gasteiger partial charge in [0, 0.05) is 19.1 Å². The molecule has 0 radical (unpaired) electrons. The molecule has 0 aliphatic rings. The van der Waals surface area contributed by atoms with Crippen LogP contribution in [0.25, 0.3) is 0 Å². The molecule has 1 rings (SSSR count). The molecular formula is C13H24N6O2S2.